The normalized spacial score (nSPS) is 27.3. The molecule has 2 N–H and O–H groups in total. The average Bonchev–Trinajstić information content (AvgIpc) is 3.33. The molecule has 2 aliphatic rings. The van der Waals surface area contributed by atoms with Gasteiger partial charge >= 0.3 is 0 Å². The molecule has 4 rings (SSSR count). The Morgan fingerprint density at radius 3 is 2.50 bits per heavy atom. The van der Waals surface area contributed by atoms with Gasteiger partial charge in [0.15, 0.2) is 0 Å². The van der Waals surface area contributed by atoms with Crippen LogP contribution in [-0.4, -0.2) is 59.3 Å². The molecule has 4 nitrogen and oxygen atoms in total. The van der Waals surface area contributed by atoms with Gasteiger partial charge in [-0.05, 0) is 30.9 Å². The zero-order chi connectivity index (χ0) is 19.3. The highest BCUT2D eigenvalue weighted by atomic mass is 16.3. The van der Waals surface area contributed by atoms with Gasteiger partial charge in [-0.15, -0.1) is 0 Å². The highest BCUT2D eigenvalue weighted by molar-refractivity contribution is 5.19. The second-order valence-electron chi connectivity index (χ2n) is 8.43. The van der Waals surface area contributed by atoms with E-state index < -0.39 is 0 Å². The van der Waals surface area contributed by atoms with E-state index in [4.69, 9.17) is 0 Å². The molecule has 2 aromatic carbocycles. The summed E-state index contributed by atoms with van der Waals surface area (Å²) in [4.78, 5) is 5.02. The van der Waals surface area contributed by atoms with E-state index in [9.17, 15) is 5.11 Å². The molecule has 150 valence electrons. The average molecular weight is 380 g/mol. The van der Waals surface area contributed by atoms with Crippen molar-refractivity contribution in [2.75, 3.05) is 26.2 Å². The third-order valence-corrected chi connectivity index (χ3v) is 6.43. The maximum atomic E-state index is 10.2. The maximum absolute atomic E-state index is 10.2. The monoisotopic (exact) mass is 379 g/mol. The van der Waals surface area contributed by atoms with Gasteiger partial charge in [-0.3, -0.25) is 9.80 Å². The van der Waals surface area contributed by atoms with Gasteiger partial charge in [0.05, 0.1) is 6.10 Å². The van der Waals surface area contributed by atoms with Crippen molar-refractivity contribution >= 4 is 0 Å². The molecule has 0 aromatic heterocycles. The molecule has 4 unspecified atom stereocenters. The predicted molar refractivity (Wildman–Crippen MR) is 114 cm³/mol. The van der Waals surface area contributed by atoms with Crippen LogP contribution in [0.2, 0.25) is 0 Å². The second kappa shape index (κ2) is 9.19. The molecular formula is C24H33N3O. The molecule has 2 saturated heterocycles. The Kier molecular flexibility index (Phi) is 6.43. The molecule has 0 radical (unpaired) electrons. The lowest BCUT2D eigenvalue weighted by atomic mass is 10.1. The SMILES string of the molecule is CC(c1ccccc1)N1CCC(NCC2CC(O)CN2Cc2ccccc2)C1. The van der Waals surface area contributed by atoms with E-state index in [2.05, 4.69) is 82.7 Å². The van der Waals surface area contributed by atoms with Crippen LogP contribution < -0.4 is 5.32 Å². The molecule has 2 fully saturated rings. The van der Waals surface area contributed by atoms with Crippen LogP contribution in [-0.2, 0) is 6.54 Å². The smallest absolute Gasteiger partial charge is 0.0682 e. The molecule has 2 aliphatic heterocycles. The largest absolute Gasteiger partial charge is 0.392 e. The van der Waals surface area contributed by atoms with Gasteiger partial charge in [-0.1, -0.05) is 60.7 Å². The number of aliphatic hydroxyl groups excluding tert-OH is 1. The molecule has 4 atom stereocenters. The van der Waals surface area contributed by atoms with Gasteiger partial charge in [0.25, 0.3) is 0 Å². The van der Waals surface area contributed by atoms with Crippen molar-refractivity contribution in [2.45, 2.75) is 50.5 Å². The van der Waals surface area contributed by atoms with Crippen molar-refractivity contribution in [3.63, 3.8) is 0 Å². The van der Waals surface area contributed by atoms with Crippen LogP contribution in [0.5, 0.6) is 0 Å². The molecule has 0 spiro atoms. The van der Waals surface area contributed by atoms with Gasteiger partial charge in [0.2, 0.25) is 0 Å². The summed E-state index contributed by atoms with van der Waals surface area (Å²) < 4.78 is 0. The maximum Gasteiger partial charge on any atom is 0.0682 e. The number of nitrogens with one attached hydrogen (secondary N) is 1. The molecule has 0 aliphatic carbocycles. The Labute approximate surface area is 169 Å². The van der Waals surface area contributed by atoms with Crippen LogP contribution in [0, 0.1) is 0 Å². The van der Waals surface area contributed by atoms with Crippen LogP contribution >= 0.6 is 0 Å². The summed E-state index contributed by atoms with van der Waals surface area (Å²) in [5.41, 5.74) is 2.72. The topological polar surface area (TPSA) is 38.7 Å². The number of hydrogen-bond donors (Lipinski definition) is 2. The lowest BCUT2D eigenvalue weighted by molar-refractivity contribution is 0.172. The Hall–Kier alpha value is -1.72. The van der Waals surface area contributed by atoms with Crippen molar-refractivity contribution < 1.29 is 5.11 Å². The summed E-state index contributed by atoms with van der Waals surface area (Å²) in [5.74, 6) is 0. The van der Waals surface area contributed by atoms with Crippen molar-refractivity contribution in [1.29, 1.82) is 0 Å². The number of rotatable bonds is 7. The minimum absolute atomic E-state index is 0.200. The van der Waals surface area contributed by atoms with Gasteiger partial charge in [-0.2, -0.15) is 0 Å². The summed E-state index contributed by atoms with van der Waals surface area (Å²) in [7, 11) is 0. The molecular weight excluding hydrogens is 346 g/mol. The fourth-order valence-corrected chi connectivity index (χ4v) is 4.73. The lowest BCUT2D eigenvalue weighted by Crippen LogP contribution is -2.42. The van der Waals surface area contributed by atoms with E-state index in [-0.39, 0.29) is 6.10 Å². The van der Waals surface area contributed by atoms with Crippen LogP contribution in [0.4, 0.5) is 0 Å². The molecule has 2 aromatic rings. The van der Waals surface area contributed by atoms with E-state index in [1.807, 2.05) is 0 Å². The first-order valence-corrected chi connectivity index (χ1v) is 10.7. The Balaban J connectivity index is 1.28. The molecule has 0 bridgehead atoms. The van der Waals surface area contributed by atoms with E-state index >= 15 is 0 Å². The van der Waals surface area contributed by atoms with Crippen LogP contribution in [0.3, 0.4) is 0 Å². The van der Waals surface area contributed by atoms with Crippen LogP contribution in [0.25, 0.3) is 0 Å². The molecule has 0 saturated carbocycles. The quantitative estimate of drug-likeness (QED) is 0.776. The zero-order valence-corrected chi connectivity index (χ0v) is 16.9. The molecule has 0 amide bonds. The third-order valence-electron chi connectivity index (χ3n) is 6.43. The zero-order valence-electron chi connectivity index (χ0n) is 16.9. The predicted octanol–water partition coefficient (Wildman–Crippen LogP) is 3.05. The van der Waals surface area contributed by atoms with Crippen molar-refractivity contribution in [3.05, 3.63) is 71.8 Å². The summed E-state index contributed by atoms with van der Waals surface area (Å²) in [6.07, 6.45) is 1.87. The first-order valence-electron chi connectivity index (χ1n) is 10.7. The van der Waals surface area contributed by atoms with Gasteiger partial charge in [0, 0.05) is 50.8 Å². The van der Waals surface area contributed by atoms with Crippen molar-refractivity contribution in [2.24, 2.45) is 0 Å². The Bertz CT molecular complexity index is 723. The fourth-order valence-electron chi connectivity index (χ4n) is 4.73. The van der Waals surface area contributed by atoms with E-state index in [1.54, 1.807) is 0 Å². The highest BCUT2D eigenvalue weighted by Gasteiger charge is 2.32. The standard InChI is InChI=1S/C24H33N3O/c1-19(21-10-6-3-7-11-21)26-13-12-22(17-26)25-15-23-14-24(28)18-27(23)16-20-8-4-2-5-9-20/h2-11,19,22-25,28H,12-18H2,1H3. The summed E-state index contributed by atoms with van der Waals surface area (Å²) in [6.45, 7) is 7.22. The number of β-amino-alcohol motifs (C(OH)–C–C–N with tert-alkyl or cyclic N) is 1. The summed E-state index contributed by atoms with van der Waals surface area (Å²) in [5, 5.41) is 14.0. The van der Waals surface area contributed by atoms with Gasteiger partial charge in [-0.25, -0.2) is 0 Å². The highest BCUT2D eigenvalue weighted by Crippen LogP contribution is 2.25. The van der Waals surface area contributed by atoms with Crippen molar-refractivity contribution in [1.82, 2.24) is 15.1 Å². The van der Waals surface area contributed by atoms with Gasteiger partial charge in [0.1, 0.15) is 0 Å². The number of hydrogen-bond acceptors (Lipinski definition) is 4. The van der Waals surface area contributed by atoms with Crippen molar-refractivity contribution in [3.8, 4) is 0 Å². The number of benzene rings is 2. The number of aliphatic hydroxyl groups is 1. The van der Waals surface area contributed by atoms with E-state index in [1.165, 1.54) is 17.5 Å². The number of likely N-dealkylation sites (tertiary alicyclic amines) is 2. The number of nitrogens with zero attached hydrogens (tertiary/aromatic N) is 2. The molecule has 4 heteroatoms. The fraction of sp³-hybridized carbons (Fsp3) is 0.500. The first-order chi connectivity index (χ1) is 13.7. The lowest BCUT2D eigenvalue weighted by Gasteiger charge is -2.27. The van der Waals surface area contributed by atoms with E-state index in [0.29, 0.717) is 18.1 Å². The minimum Gasteiger partial charge on any atom is -0.392 e. The summed E-state index contributed by atoms with van der Waals surface area (Å²) in [6, 6.07) is 22.8. The van der Waals surface area contributed by atoms with Crippen LogP contribution in [0.1, 0.15) is 36.9 Å². The van der Waals surface area contributed by atoms with E-state index in [0.717, 1.165) is 39.1 Å². The molecule has 28 heavy (non-hydrogen) atoms. The Morgan fingerprint density at radius 1 is 1.04 bits per heavy atom. The van der Waals surface area contributed by atoms with Crippen LogP contribution in [0.15, 0.2) is 60.7 Å². The minimum atomic E-state index is -0.200. The Morgan fingerprint density at radius 2 is 1.75 bits per heavy atom. The summed E-state index contributed by atoms with van der Waals surface area (Å²) >= 11 is 0. The molecule has 2 heterocycles. The third kappa shape index (κ3) is 4.81. The first kappa shape index (κ1) is 19.6. The second-order valence-corrected chi connectivity index (χ2v) is 8.43. The van der Waals surface area contributed by atoms with Gasteiger partial charge < -0.3 is 10.4 Å².